The molecule has 0 fully saturated rings. The molecule has 130 valence electrons. The van der Waals surface area contributed by atoms with E-state index in [4.69, 9.17) is 16.3 Å². The van der Waals surface area contributed by atoms with Crippen molar-refractivity contribution < 1.29 is 18.7 Å². The van der Waals surface area contributed by atoms with Gasteiger partial charge in [0.25, 0.3) is 5.91 Å². The summed E-state index contributed by atoms with van der Waals surface area (Å²) >= 11 is 5.81. The highest BCUT2D eigenvalue weighted by Crippen LogP contribution is 2.11. The molecule has 0 aliphatic heterocycles. The van der Waals surface area contributed by atoms with Gasteiger partial charge in [-0.1, -0.05) is 35.9 Å². The molecule has 0 radical (unpaired) electrons. The van der Waals surface area contributed by atoms with Crippen LogP contribution in [0.2, 0.25) is 5.02 Å². The lowest BCUT2D eigenvalue weighted by molar-refractivity contribution is -0.147. The molecule has 0 aromatic heterocycles. The highest BCUT2D eigenvalue weighted by atomic mass is 35.5. The first-order valence-corrected chi connectivity index (χ1v) is 7.90. The van der Waals surface area contributed by atoms with Gasteiger partial charge in [-0.15, -0.1) is 0 Å². The second-order valence-corrected chi connectivity index (χ2v) is 5.81. The van der Waals surface area contributed by atoms with E-state index in [1.54, 1.807) is 19.2 Å². The Bertz CT molecular complexity index is 757. The van der Waals surface area contributed by atoms with Crippen LogP contribution < -0.4 is 0 Å². The van der Waals surface area contributed by atoms with Gasteiger partial charge < -0.3 is 9.64 Å². The maximum absolute atomic E-state index is 12.8. The monoisotopic (exact) mass is 361 g/mol. The fourth-order valence-electron chi connectivity index (χ4n) is 1.98. The number of carbonyl (C=O) groups excluding carboxylic acids is 2. The van der Waals surface area contributed by atoms with Gasteiger partial charge in [-0.25, -0.2) is 9.18 Å². The molecule has 2 aromatic carbocycles. The Morgan fingerprint density at radius 3 is 2.40 bits per heavy atom. The summed E-state index contributed by atoms with van der Waals surface area (Å²) in [5.74, 6) is -1.31. The first kappa shape index (κ1) is 18.7. The number of rotatable bonds is 6. The molecule has 0 saturated carbocycles. The van der Waals surface area contributed by atoms with E-state index in [1.165, 1.54) is 41.3 Å². The number of ether oxygens (including phenoxy) is 1. The molecule has 25 heavy (non-hydrogen) atoms. The molecule has 2 aromatic rings. The Balaban J connectivity index is 1.79. The molecule has 6 heteroatoms. The van der Waals surface area contributed by atoms with Crippen molar-refractivity contribution in [1.29, 1.82) is 0 Å². The van der Waals surface area contributed by atoms with Gasteiger partial charge in [-0.2, -0.15) is 0 Å². The summed E-state index contributed by atoms with van der Waals surface area (Å²) < 4.78 is 17.7. The van der Waals surface area contributed by atoms with Crippen LogP contribution in [0.4, 0.5) is 4.39 Å². The molecule has 0 unspecified atom stereocenters. The molecule has 0 bridgehead atoms. The van der Waals surface area contributed by atoms with Crippen molar-refractivity contribution in [2.75, 3.05) is 13.7 Å². The standard InChI is InChI=1S/C19H17ClFNO3/c1-22(12-15-2-7-16(20)8-3-15)18(23)13-25-19(24)11-6-14-4-9-17(21)10-5-14/h2-11H,12-13H2,1H3/b11-6+. The van der Waals surface area contributed by atoms with E-state index < -0.39 is 5.97 Å². The van der Waals surface area contributed by atoms with Gasteiger partial charge in [0.1, 0.15) is 5.82 Å². The maximum atomic E-state index is 12.8. The van der Waals surface area contributed by atoms with E-state index >= 15 is 0 Å². The third-order valence-corrected chi connectivity index (χ3v) is 3.63. The Morgan fingerprint density at radius 2 is 1.76 bits per heavy atom. The van der Waals surface area contributed by atoms with Crippen LogP contribution in [0.1, 0.15) is 11.1 Å². The van der Waals surface area contributed by atoms with Crippen molar-refractivity contribution in [3.63, 3.8) is 0 Å². The fourth-order valence-corrected chi connectivity index (χ4v) is 2.11. The van der Waals surface area contributed by atoms with E-state index in [-0.39, 0.29) is 18.3 Å². The Kier molecular flexibility index (Phi) is 6.71. The van der Waals surface area contributed by atoms with Gasteiger partial charge in [0, 0.05) is 24.7 Å². The first-order chi connectivity index (χ1) is 11.9. The highest BCUT2D eigenvalue weighted by Gasteiger charge is 2.11. The molecular weight excluding hydrogens is 345 g/mol. The number of halogens is 2. The summed E-state index contributed by atoms with van der Waals surface area (Å²) in [6, 6.07) is 12.8. The predicted octanol–water partition coefficient (Wildman–Crippen LogP) is 3.69. The van der Waals surface area contributed by atoms with Crippen LogP contribution >= 0.6 is 11.6 Å². The minimum absolute atomic E-state index is 0.321. The average Bonchev–Trinajstić information content (AvgIpc) is 2.61. The molecule has 4 nitrogen and oxygen atoms in total. The van der Waals surface area contributed by atoms with Crippen molar-refractivity contribution >= 4 is 29.6 Å². The van der Waals surface area contributed by atoms with Crippen LogP contribution in [0.25, 0.3) is 6.08 Å². The summed E-state index contributed by atoms with van der Waals surface area (Å²) in [6.45, 7) is 0.0374. The van der Waals surface area contributed by atoms with Crippen molar-refractivity contribution in [2.24, 2.45) is 0 Å². The molecular formula is C19H17ClFNO3. The summed E-state index contributed by atoms with van der Waals surface area (Å²) in [5.41, 5.74) is 1.58. The Morgan fingerprint density at radius 1 is 1.12 bits per heavy atom. The van der Waals surface area contributed by atoms with Gasteiger partial charge in [-0.3, -0.25) is 4.79 Å². The highest BCUT2D eigenvalue weighted by molar-refractivity contribution is 6.30. The molecule has 0 aliphatic carbocycles. The second-order valence-electron chi connectivity index (χ2n) is 5.37. The van der Waals surface area contributed by atoms with Gasteiger partial charge in [0.15, 0.2) is 6.61 Å². The fraction of sp³-hybridized carbons (Fsp3) is 0.158. The van der Waals surface area contributed by atoms with Gasteiger partial charge in [0.2, 0.25) is 0 Å². The molecule has 0 atom stereocenters. The number of carbonyl (C=O) groups is 2. The third kappa shape index (κ3) is 6.39. The van der Waals surface area contributed by atoms with Crippen LogP contribution in [0.5, 0.6) is 0 Å². The zero-order valence-electron chi connectivity index (χ0n) is 13.6. The maximum Gasteiger partial charge on any atom is 0.331 e. The van der Waals surface area contributed by atoms with E-state index in [1.807, 2.05) is 12.1 Å². The molecule has 0 spiro atoms. The number of esters is 1. The molecule has 0 aliphatic rings. The van der Waals surface area contributed by atoms with Crippen LogP contribution in [0, 0.1) is 5.82 Å². The van der Waals surface area contributed by atoms with Crippen molar-refractivity contribution in [3.05, 3.63) is 76.6 Å². The Labute approximate surface area is 150 Å². The largest absolute Gasteiger partial charge is 0.452 e. The van der Waals surface area contributed by atoms with Crippen LogP contribution in [-0.4, -0.2) is 30.4 Å². The lowest BCUT2D eigenvalue weighted by Crippen LogP contribution is -2.30. The number of amides is 1. The van der Waals surface area contributed by atoms with E-state index in [0.29, 0.717) is 17.1 Å². The quantitative estimate of drug-likeness (QED) is 0.582. The Hall–Kier alpha value is -2.66. The lowest BCUT2D eigenvalue weighted by Gasteiger charge is -2.17. The van der Waals surface area contributed by atoms with Crippen LogP contribution in [0.3, 0.4) is 0 Å². The topological polar surface area (TPSA) is 46.6 Å². The molecule has 1 amide bonds. The number of nitrogens with zero attached hydrogens (tertiary/aromatic N) is 1. The van der Waals surface area contributed by atoms with Crippen LogP contribution in [-0.2, 0) is 20.9 Å². The third-order valence-electron chi connectivity index (χ3n) is 3.38. The summed E-state index contributed by atoms with van der Waals surface area (Å²) in [6.07, 6.45) is 2.68. The molecule has 0 heterocycles. The second kappa shape index (κ2) is 8.99. The number of benzene rings is 2. The average molecular weight is 362 g/mol. The van der Waals surface area contributed by atoms with E-state index in [9.17, 15) is 14.0 Å². The van der Waals surface area contributed by atoms with E-state index in [2.05, 4.69) is 0 Å². The van der Waals surface area contributed by atoms with Crippen molar-refractivity contribution in [1.82, 2.24) is 4.90 Å². The number of hydrogen-bond donors (Lipinski definition) is 0. The van der Waals surface area contributed by atoms with Gasteiger partial charge in [-0.05, 0) is 41.5 Å². The predicted molar refractivity (Wildman–Crippen MR) is 94.3 cm³/mol. The smallest absolute Gasteiger partial charge is 0.331 e. The minimum Gasteiger partial charge on any atom is -0.452 e. The number of hydrogen-bond acceptors (Lipinski definition) is 3. The summed E-state index contributed by atoms with van der Waals surface area (Å²) in [4.78, 5) is 25.1. The number of likely N-dealkylation sites (N-methyl/N-ethyl adjacent to an activating group) is 1. The summed E-state index contributed by atoms with van der Waals surface area (Å²) in [5, 5.41) is 0.625. The zero-order chi connectivity index (χ0) is 18.2. The summed E-state index contributed by atoms with van der Waals surface area (Å²) in [7, 11) is 1.62. The zero-order valence-corrected chi connectivity index (χ0v) is 14.4. The molecule has 2 rings (SSSR count). The molecule has 0 N–H and O–H groups in total. The first-order valence-electron chi connectivity index (χ1n) is 7.53. The normalized spacial score (nSPS) is 10.7. The van der Waals surface area contributed by atoms with Crippen molar-refractivity contribution in [3.8, 4) is 0 Å². The van der Waals surface area contributed by atoms with Crippen molar-refractivity contribution in [2.45, 2.75) is 6.54 Å². The van der Waals surface area contributed by atoms with Crippen LogP contribution in [0.15, 0.2) is 54.6 Å². The van der Waals surface area contributed by atoms with Gasteiger partial charge in [0.05, 0.1) is 0 Å². The van der Waals surface area contributed by atoms with E-state index in [0.717, 1.165) is 5.56 Å². The SMILES string of the molecule is CN(Cc1ccc(Cl)cc1)C(=O)COC(=O)/C=C/c1ccc(F)cc1. The minimum atomic E-state index is -0.641. The lowest BCUT2D eigenvalue weighted by atomic mass is 10.2. The molecule has 0 saturated heterocycles. The van der Waals surface area contributed by atoms with Gasteiger partial charge >= 0.3 is 5.97 Å².